The molecule has 0 aliphatic heterocycles. The molecule has 0 amide bonds. The lowest BCUT2D eigenvalue weighted by molar-refractivity contribution is 0.113. The summed E-state index contributed by atoms with van der Waals surface area (Å²) in [4.78, 5) is 2.40. The molecule has 1 aromatic heterocycles. The van der Waals surface area contributed by atoms with E-state index in [1.165, 1.54) is 24.8 Å². The highest BCUT2D eigenvalue weighted by Crippen LogP contribution is 2.30. The number of hydrogen-bond acceptors (Lipinski definition) is 3. The average molecular weight is 208 g/mol. The quantitative estimate of drug-likeness (QED) is 0.800. The van der Waals surface area contributed by atoms with Gasteiger partial charge in [0.05, 0.1) is 12.2 Å². The molecule has 1 aliphatic carbocycles. The van der Waals surface area contributed by atoms with Crippen molar-refractivity contribution in [3.05, 3.63) is 18.0 Å². The van der Waals surface area contributed by atoms with E-state index in [-0.39, 0.29) is 0 Å². The van der Waals surface area contributed by atoms with E-state index in [0.717, 1.165) is 6.04 Å². The van der Waals surface area contributed by atoms with Crippen LogP contribution in [0.3, 0.4) is 0 Å². The smallest absolute Gasteiger partial charge is 0.0538 e. The molecule has 1 saturated carbocycles. The van der Waals surface area contributed by atoms with Gasteiger partial charge >= 0.3 is 0 Å². The zero-order valence-corrected chi connectivity index (χ0v) is 9.56. The van der Waals surface area contributed by atoms with Gasteiger partial charge in [-0.2, -0.15) is 5.10 Å². The molecule has 4 nitrogen and oxygen atoms in total. The van der Waals surface area contributed by atoms with E-state index >= 15 is 0 Å². The Hall–Kier alpha value is -0.870. The Morgan fingerprint density at radius 3 is 2.80 bits per heavy atom. The van der Waals surface area contributed by atoms with Crippen LogP contribution in [0.4, 0.5) is 0 Å². The Balaban J connectivity index is 2.08. The lowest BCUT2D eigenvalue weighted by Gasteiger charge is -2.39. The van der Waals surface area contributed by atoms with Crippen molar-refractivity contribution in [3.8, 4) is 0 Å². The normalized spacial score (nSPS) is 19.2. The third-order valence-corrected chi connectivity index (χ3v) is 3.48. The Labute approximate surface area is 91.1 Å². The van der Waals surface area contributed by atoms with Crippen LogP contribution >= 0.6 is 0 Å². The molecular weight excluding hydrogens is 188 g/mol. The highest BCUT2D eigenvalue weighted by atomic mass is 15.3. The molecule has 1 aliphatic rings. The number of aryl methyl sites for hydroxylation is 1. The molecule has 1 aromatic rings. The van der Waals surface area contributed by atoms with Crippen molar-refractivity contribution >= 4 is 0 Å². The van der Waals surface area contributed by atoms with Crippen molar-refractivity contribution < 1.29 is 0 Å². The molecule has 0 radical (unpaired) electrons. The number of likely N-dealkylation sites (N-methyl/N-ethyl adjacent to an activating group) is 1. The summed E-state index contributed by atoms with van der Waals surface area (Å²) >= 11 is 0. The lowest BCUT2D eigenvalue weighted by Crippen LogP contribution is -2.42. The molecule has 1 heterocycles. The summed E-state index contributed by atoms with van der Waals surface area (Å²) in [6.45, 7) is 0.665. The third kappa shape index (κ3) is 2.06. The van der Waals surface area contributed by atoms with Crippen LogP contribution in [-0.4, -0.2) is 34.3 Å². The monoisotopic (exact) mass is 208 g/mol. The molecule has 0 saturated heterocycles. The Bertz CT molecular complexity index is 316. The summed E-state index contributed by atoms with van der Waals surface area (Å²) in [6, 6.07) is 1.04. The van der Waals surface area contributed by atoms with E-state index in [9.17, 15) is 0 Å². The van der Waals surface area contributed by atoms with Gasteiger partial charge in [-0.25, -0.2) is 0 Å². The largest absolute Gasteiger partial charge is 0.329 e. The van der Waals surface area contributed by atoms with Crippen LogP contribution in [0.1, 0.15) is 30.9 Å². The van der Waals surface area contributed by atoms with E-state index in [0.29, 0.717) is 12.6 Å². The van der Waals surface area contributed by atoms with Crippen molar-refractivity contribution in [1.82, 2.24) is 14.7 Å². The molecule has 1 atom stereocenters. The first kappa shape index (κ1) is 10.6. The van der Waals surface area contributed by atoms with E-state index in [4.69, 9.17) is 5.73 Å². The van der Waals surface area contributed by atoms with Gasteiger partial charge in [-0.1, -0.05) is 6.42 Å². The molecule has 15 heavy (non-hydrogen) atoms. The van der Waals surface area contributed by atoms with Crippen LogP contribution in [0.25, 0.3) is 0 Å². The first-order valence-electron chi connectivity index (χ1n) is 5.63. The van der Waals surface area contributed by atoms with Gasteiger partial charge in [-0.05, 0) is 19.9 Å². The van der Waals surface area contributed by atoms with Crippen molar-refractivity contribution in [2.75, 3.05) is 13.6 Å². The van der Waals surface area contributed by atoms with E-state index in [1.807, 2.05) is 17.9 Å². The molecule has 0 aromatic carbocycles. The minimum Gasteiger partial charge on any atom is -0.329 e. The molecule has 0 spiro atoms. The van der Waals surface area contributed by atoms with Gasteiger partial charge in [0, 0.05) is 31.4 Å². The van der Waals surface area contributed by atoms with Crippen molar-refractivity contribution in [2.24, 2.45) is 12.8 Å². The standard InChI is InChI=1S/C11H20N4/c1-14-8-9(7-13-14)11(6-12)15(2)10-4-3-5-10/h7-8,10-11H,3-6,12H2,1-2H3. The fourth-order valence-corrected chi connectivity index (χ4v) is 2.20. The van der Waals surface area contributed by atoms with Crippen LogP contribution in [-0.2, 0) is 7.05 Å². The molecule has 0 bridgehead atoms. The molecule has 1 unspecified atom stereocenters. The van der Waals surface area contributed by atoms with Gasteiger partial charge in [0.15, 0.2) is 0 Å². The van der Waals surface area contributed by atoms with Gasteiger partial charge in [0.1, 0.15) is 0 Å². The number of aromatic nitrogens is 2. The van der Waals surface area contributed by atoms with Gasteiger partial charge in [-0.15, -0.1) is 0 Å². The molecule has 2 N–H and O–H groups in total. The van der Waals surface area contributed by atoms with Crippen molar-refractivity contribution in [2.45, 2.75) is 31.3 Å². The van der Waals surface area contributed by atoms with E-state index in [1.54, 1.807) is 0 Å². The minimum absolute atomic E-state index is 0.323. The summed E-state index contributed by atoms with van der Waals surface area (Å²) in [5.41, 5.74) is 7.08. The van der Waals surface area contributed by atoms with Crippen molar-refractivity contribution in [3.63, 3.8) is 0 Å². The first-order chi connectivity index (χ1) is 7.22. The van der Waals surface area contributed by atoms with Gasteiger partial charge in [-0.3, -0.25) is 9.58 Å². The summed E-state index contributed by atoms with van der Waals surface area (Å²) in [5.74, 6) is 0. The molecule has 4 heteroatoms. The Morgan fingerprint density at radius 1 is 1.67 bits per heavy atom. The zero-order valence-electron chi connectivity index (χ0n) is 9.56. The maximum atomic E-state index is 5.85. The van der Waals surface area contributed by atoms with Crippen molar-refractivity contribution in [1.29, 1.82) is 0 Å². The second-order valence-electron chi connectivity index (χ2n) is 4.45. The number of nitrogens with zero attached hydrogens (tertiary/aromatic N) is 3. The summed E-state index contributed by atoms with van der Waals surface area (Å²) in [6.07, 6.45) is 7.97. The van der Waals surface area contributed by atoms with Crippen LogP contribution < -0.4 is 5.73 Å². The average Bonchev–Trinajstić information content (AvgIpc) is 2.50. The Kier molecular flexibility index (Phi) is 3.07. The molecule has 1 fully saturated rings. The summed E-state index contributed by atoms with van der Waals surface area (Å²) in [5, 5.41) is 4.21. The first-order valence-corrected chi connectivity index (χ1v) is 5.63. The van der Waals surface area contributed by atoms with Crippen LogP contribution in [0, 0.1) is 0 Å². The summed E-state index contributed by atoms with van der Waals surface area (Å²) in [7, 11) is 4.12. The van der Waals surface area contributed by atoms with Gasteiger partial charge < -0.3 is 5.73 Å². The topological polar surface area (TPSA) is 47.1 Å². The highest BCUT2D eigenvalue weighted by molar-refractivity contribution is 5.11. The van der Waals surface area contributed by atoms with Gasteiger partial charge in [0.25, 0.3) is 0 Å². The fraction of sp³-hybridized carbons (Fsp3) is 0.727. The second kappa shape index (κ2) is 4.33. The summed E-state index contributed by atoms with van der Waals surface area (Å²) < 4.78 is 1.84. The third-order valence-electron chi connectivity index (χ3n) is 3.48. The lowest BCUT2D eigenvalue weighted by atomic mass is 9.90. The predicted octanol–water partition coefficient (Wildman–Crippen LogP) is 0.904. The van der Waals surface area contributed by atoms with Gasteiger partial charge in [0.2, 0.25) is 0 Å². The molecule has 84 valence electrons. The predicted molar refractivity (Wildman–Crippen MR) is 60.4 cm³/mol. The second-order valence-corrected chi connectivity index (χ2v) is 4.45. The van der Waals surface area contributed by atoms with Crippen LogP contribution in [0.2, 0.25) is 0 Å². The zero-order chi connectivity index (χ0) is 10.8. The maximum absolute atomic E-state index is 5.85. The maximum Gasteiger partial charge on any atom is 0.0538 e. The van der Waals surface area contributed by atoms with Crippen LogP contribution in [0.15, 0.2) is 12.4 Å². The molecule has 2 rings (SSSR count). The number of hydrogen-bond donors (Lipinski definition) is 1. The minimum atomic E-state index is 0.323. The Morgan fingerprint density at radius 2 is 2.40 bits per heavy atom. The SMILES string of the molecule is CN(C1CCC1)C(CN)c1cnn(C)c1. The van der Waals surface area contributed by atoms with Crippen LogP contribution in [0.5, 0.6) is 0 Å². The van der Waals surface area contributed by atoms with E-state index < -0.39 is 0 Å². The fourth-order valence-electron chi connectivity index (χ4n) is 2.20. The highest BCUT2D eigenvalue weighted by Gasteiger charge is 2.28. The number of rotatable bonds is 4. The van der Waals surface area contributed by atoms with E-state index in [2.05, 4.69) is 23.2 Å². The number of nitrogens with two attached hydrogens (primary N) is 1. The molecular formula is C11H20N4.